The van der Waals surface area contributed by atoms with Gasteiger partial charge < -0.3 is 10.1 Å². The van der Waals surface area contributed by atoms with Gasteiger partial charge in [0.15, 0.2) is 11.3 Å². The fourth-order valence-corrected chi connectivity index (χ4v) is 2.30. The van der Waals surface area contributed by atoms with Gasteiger partial charge in [0.05, 0.1) is 11.3 Å². The van der Waals surface area contributed by atoms with Gasteiger partial charge in [0.1, 0.15) is 0 Å². The lowest BCUT2D eigenvalue weighted by Crippen LogP contribution is -2.30. The van der Waals surface area contributed by atoms with Crippen LogP contribution in [0.5, 0.6) is 0 Å². The number of halogens is 1. The number of carbonyl (C=O) groups excluding carboxylic acids is 2. The molecule has 1 aromatic heterocycles. The van der Waals surface area contributed by atoms with Crippen LogP contribution in [0.4, 0.5) is 5.69 Å². The van der Waals surface area contributed by atoms with Gasteiger partial charge in [0.2, 0.25) is 0 Å². The summed E-state index contributed by atoms with van der Waals surface area (Å²) in [4.78, 5) is 29.0. The third-order valence-electron chi connectivity index (χ3n) is 3.00. The van der Waals surface area contributed by atoms with E-state index in [0.29, 0.717) is 11.3 Å². The Hall–Kier alpha value is -2.05. The minimum Gasteiger partial charge on any atom is -0.449 e. The number of hydrogen-bond acceptors (Lipinski definition) is 5. The molecule has 2 rings (SSSR count). The van der Waals surface area contributed by atoms with Crippen molar-refractivity contribution in [3.05, 3.63) is 53.3 Å². The Morgan fingerprint density at radius 1 is 1.26 bits per heavy atom. The lowest BCUT2D eigenvalue weighted by Gasteiger charge is -2.14. The van der Waals surface area contributed by atoms with Crippen molar-refractivity contribution in [3.63, 3.8) is 0 Å². The minimum absolute atomic E-state index is 0.173. The zero-order chi connectivity index (χ0) is 16.8. The normalized spacial score (nSPS) is 11.6. The van der Waals surface area contributed by atoms with Gasteiger partial charge in [-0.1, -0.05) is 11.6 Å². The van der Waals surface area contributed by atoms with E-state index in [1.165, 1.54) is 13.1 Å². The van der Waals surface area contributed by atoms with Crippen molar-refractivity contribution in [1.29, 1.82) is 0 Å². The summed E-state index contributed by atoms with van der Waals surface area (Å²) in [5, 5.41) is 2.74. The molecule has 0 aliphatic rings. The Bertz CT molecular complexity index is 707. The first-order valence-corrected chi connectivity index (χ1v) is 8.38. The second-order valence-electron chi connectivity index (χ2n) is 4.61. The lowest BCUT2D eigenvalue weighted by molar-refractivity contribution is -0.123. The highest BCUT2D eigenvalue weighted by atomic mass is 35.5. The third-order valence-corrected chi connectivity index (χ3v) is 4.04. The smallest absolute Gasteiger partial charge is 0.338 e. The van der Waals surface area contributed by atoms with Crippen LogP contribution in [0.25, 0.3) is 0 Å². The molecule has 7 heteroatoms. The molecule has 1 amide bonds. The molecule has 23 heavy (non-hydrogen) atoms. The summed E-state index contributed by atoms with van der Waals surface area (Å²) in [6.45, 7) is 1.49. The molecular formula is C16H15ClN2O3S. The Kier molecular flexibility index (Phi) is 6.01. The quantitative estimate of drug-likeness (QED) is 0.506. The first kappa shape index (κ1) is 17.3. The standard InChI is InChI=1S/C16H15ClN2O3S/c1-10(15(20)19-13-4-3-9-18-14(13)17)22-16(21)11-5-7-12(23-2)8-6-11/h3-10H,1-2H3,(H,19,20)/t10-/m0/s1. The van der Waals surface area contributed by atoms with E-state index in [2.05, 4.69) is 10.3 Å². The minimum atomic E-state index is -0.959. The number of esters is 1. The van der Waals surface area contributed by atoms with E-state index in [4.69, 9.17) is 16.3 Å². The van der Waals surface area contributed by atoms with Crippen LogP contribution < -0.4 is 5.32 Å². The van der Waals surface area contributed by atoms with Crippen molar-refractivity contribution < 1.29 is 14.3 Å². The van der Waals surface area contributed by atoms with E-state index in [9.17, 15) is 9.59 Å². The Morgan fingerprint density at radius 3 is 2.57 bits per heavy atom. The van der Waals surface area contributed by atoms with Gasteiger partial charge in [-0.25, -0.2) is 9.78 Å². The maximum Gasteiger partial charge on any atom is 0.338 e. The van der Waals surface area contributed by atoms with Crippen molar-refractivity contribution in [3.8, 4) is 0 Å². The van der Waals surface area contributed by atoms with Crippen molar-refractivity contribution >= 4 is 40.9 Å². The fraction of sp³-hybridized carbons (Fsp3) is 0.188. The molecule has 2 aromatic rings. The number of aromatic nitrogens is 1. The van der Waals surface area contributed by atoms with Crippen molar-refractivity contribution in [2.75, 3.05) is 11.6 Å². The monoisotopic (exact) mass is 350 g/mol. The van der Waals surface area contributed by atoms with E-state index in [0.717, 1.165) is 4.90 Å². The van der Waals surface area contributed by atoms with Crippen molar-refractivity contribution in [2.24, 2.45) is 0 Å². The summed E-state index contributed by atoms with van der Waals surface area (Å²) in [6, 6.07) is 10.2. The zero-order valence-corrected chi connectivity index (χ0v) is 14.1. The largest absolute Gasteiger partial charge is 0.449 e. The Balaban J connectivity index is 1.97. The van der Waals surface area contributed by atoms with Crippen LogP contribution in [0, 0.1) is 0 Å². The Morgan fingerprint density at radius 2 is 1.96 bits per heavy atom. The Labute approximate surface area is 143 Å². The molecule has 5 nitrogen and oxygen atoms in total. The van der Waals surface area contributed by atoms with E-state index < -0.39 is 18.0 Å². The molecule has 0 bridgehead atoms. The maximum absolute atomic E-state index is 12.1. The number of anilines is 1. The van der Waals surface area contributed by atoms with Crippen LogP contribution in [0.15, 0.2) is 47.5 Å². The summed E-state index contributed by atoms with van der Waals surface area (Å²) >= 11 is 7.44. The van der Waals surface area contributed by atoms with Crippen molar-refractivity contribution in [1.82, 2.24) is 4.98 Å². The number of nitrogens with one attached hydrogen (secondary N) is 1. The number of carbonyl (C=O) groups is 2. The van der Waals surface area contributed by atoms with E-state index in [1.54, 1.807) is 36.0 Å². The van der Waals surface area contributed by atoms with Crippen LogP contribution in [0.2, 0.25) is 5.15 Å². The van der Waals surface area contributed by atoms with Gasteiger partial charge in [0.25, 0.3) is 5.91 Å². The molecule has 120 valence electrons. The lowest BCUT2D eigenvalue weighted by atomic mass is 10.2. The number of thioether (sulfide) groups is 1. The molecule has 0 radical (unpaired) electrons. The zero-order valence-electron chi connectivity index (χ0n) is 12.6. The molecule has 1 aromatic carbocycles. The van der Waals surface area contributed by atoms with Crippen LogP contribution in [0.3, 0.4) is 0 Å². The number of ether oxygens (including phenoxy) is 1. The molecular weight excluding hydrogens is 336 g/mol. The number of amides is 1. The highest BCUT2D eigenvalue weighted by Crippen LogP contribution is 2.18. The number of pyridine rings is 1. The second-order valence-corrected chi connectivity index (χ2v) is 5.84. The average molecular weight is 351 g/mol. The number of benzene rings is 1. The second kappa shape index (κ2) is 7.99. The summed E-state index contributed by atoms with van der Waals surface area (Å²) < 4.78 is 5.16. The first-order chi connectivity index (χ1) is 11.0. The number of hydrogen-bond donors (Lipinski definition) is 1. The number of nitrogens with zero attached hydrogens (tertiary/aromatic N) is 1. The van der Waals surface area contributed by atoms with Gasteiger partial charge in [-0.3, -0.25) is 4.79 Å². The highest BCUT2D eigenvalue weighted by Gasteiger charge is 2.19. The molecule has 1 N–H and O–H groups in total. The van der Waals surface area contributed by atoms with Crippen LogP contribution in [0.1, 0.15) is 17.3 Å². The first-order valence-electron chi connectivity index (χ1n) is 6.77. The molecule has 0 aliphatic heterocycles. The predicted molar refractivity (Wildman–Crippen MR) is 91.0 cm³/mol. The molecule has 0 aliphatic carbocycles. The molecule has 0 saturated heterocycles. The van der Waals surface area contributed by atoms with E-state index in [-0.39, 0.29) is 5.15 Å². The van der Waals surface area contributed by atoms with Crippen molar-refractivity contribution in [2.45, 2.75) is 17.9 Å². The average Bonchev–Trinajstić information content (AvgIpc) is 2.56. The van der Waals surface area contributed by atoms with Gasteiger partial charge in [-0.2, -0.15) is 0 Å². The number of rotatable bonds is 5. The predicted octanol–water partition coefficient (Wildman–Crippen LogP) is 3.64. The third kappa shape index (κ3) is 4.71. The van der Waals surface area contributed by atoms with Crippen LogP contribution in [-0.4, -0.2) is 29.2 Å². The van der Waals surface area contributed by atoms with Gasteiger partial charge in [-0.05, 0) is 49.6 Å². The molecule has 1 atom stereocenters. The fourth-order valence-electron chi connectivity index (χ4n) is 1.72. The molecule has 0 spiro atoms. The molecule has 0 saturated carbocycles. The van der Waals surface area contributed by atoms with Crippen LogP contribution >= 0.6 is 23.4 Å². The van der Waals surface area contributed by atoms with E-state index >= 15 is 0 Å². The summed E-state index contributed by atoms with van der Waals surface area (Å²) in [6.07, 6.45) is 2.50. The van der Waals surface area contributed by atoms with Gasteiger partial charge in [-0.15, -0.1) is 11.8 Å². The van der Waals surface area contributed by atoms with E-state index in [1.807, 2.05) is 18.4 Å². The topological polar surface area (TPSA) is 68.3 Å². The molecule has 1 heterocycles. The SMILES string of the molecule is CSc1ccc(C(=O)O[C@@H](C)C(=O)Nc2cccnc2Cl)cc1. The molecule has 0 fully saturated rings. The van der Waals surface area contributed by atoms with Crippen LogP contribution in [-0.2, 0) is 9.53 Å². The maximum atomic E-state index is 12.1. The highest BCUT2D eigenvalue weighted by molar-refractivity contribution is 7.98. The summed E-state index contributed by atoms with van der Waals surface area (Å²) in [5.41, 5.74) is 0.758. The molecule has 0 unspecified atom stereocenters. The summed E-state index contributed by atoms with van der Waals surface area (Å²) in [5.74, 6) is -1.04. The summed E-state index contributed by atoms with van der Waals surface area (Å²) in [7, 11) is 0. The van der Waals surface area contributed by atoms with Gasteiger partial charge >= 0.3 is 5.97 Å². The van der Waals surface area contributed by atoms with Gasteiger partial charge in [0, 0.05) is 11.1 Å².